The van der Waals surface area contributed by atoms with Crippen LogP contribution in [0.3, 0.4) is 0 Å². The van der Waals surface area contributed by atoms with Gasteiger partial charge in [-0.3, -0.25) is 33.6 Å². The molecular weight excluding hydrogens is 718 g/mol. The van der Waals surface area contributed by atoms with E-state index >= 15 is 0 Å². The number of amides is 6. The van der Waals surface area contributed by atoms with Gasteiger partial charge < -0.3 is 43.4 Å². The highest BCUT2D eigenvalue weighted by Gasteiger charge is 2.41. The number of hydroxylamine groups is 2. The number of aryl methyl sites for hydroxylation is 1. The number of hydrogen-bond acceptors (Lipinski definition) is 10. The summed E-state index contributed by atoms with van der Waals surface area (Å²) >= 11 is 0. The van der Waals surface area contributed by atoms with Crippen molar-refractivity contribution in [3.05, 3.63) is 59.7 Å². The first-order valence-electron chi connectivity index (χ1n) is 19.7. The molecule has 0 saturated carbocycles. The van der Waals surface area contributed by atoms with E-state index in [0.29, 0.717) is 63.6 Å². The number of nitrogens with two attached hydrogens (primary N) is 3. The quantitative estimate of drug-likeness (QED) is 0.0504. The van der Waals surface area contributed by atoms with Gasteiger partial charge in [-0.05, 0) is 106 Å². The molecule has 16 nitrogen and oxygen atoms in total. The lowest BCUT2D eigenvalue weighted by atomic mass is 10.0. The lowest BCUT2D eigenvalue weighted by molar-refractivity contribution is -0.203. The number of nitrogens with zero attached hydrogens (tertiary/aromatic N) is 2. The fourth-order valence-corrected chi connectivity index (χ4v) is 6.83. The Hall–Kier alpha value is -4.90. The third-order valence-electron chi connectivity index (χ3n) is 10.2. The molecule has 6 amide bonds. The fourth-order valence-electron chi connectivity index (χ4n) is 6.83. The SMILES string of the molecule is CCCCc1ccc(-c2ccc(C(=O)N[C@@H](CCCCN)C(=O)N3CCC[C@H]3C(=O)N[C@@H](N)C(=O)N[C@@H](CCCCN)C(=O)N[C@@H]3CN(OC)C3=O)cc2)cc1. The molecule has 2 aliphatic rings. The van der Waals surface area contributed by atoms with Gasteiger partial charge in [0, 0.05) is 12.1 Å². The van der Waals surface area contributed by atoms with E-state index in [1.54, 1.807) is 12.1 Å². The van der Waals surface area contributed by atoms with E-state index in [1.165, 1.54) is 17.6 Å². The van der Waals surface area contributed by atoms with Gasteiger partial charge in [-0.15, -0.1) is 0 Å². The van der Waals surface area contributed by atoms with Crippen molar-refractivity contribution in [3.8, 4) is 11.1 Å². The standard InChI is InChI=1S/C40H59N9O7/c1-3-4-10-26-14-16-27(17-15-26)28-18-20-29(21-19-28)35(50)45-31(12-6-8-23-42)39(54)48-24-9-13-33(48)37(52)47-34(43)38(53)44-30(11-5-7-22-41)36(51)46-32-25-49(56-2)40(32)55/h14-21,30-34H,3-13,22-25,41-43H2,1-2H3,(H,44,53)(H,45,50)(H,46,51)(H,47,52)/t30-,31-,32+,33-,34+/m0/s1. The number of benzene rings is 2. The Morgan fingerprint density at radius 3 is 2.04 bits per heavy atom. The number of unbranched alkanes of at least 4 members (excludes halogenated alkanes) is 3. The summed E-state index contributed by atoms with van der Waals surface area (Å²) in [5.41, 5.74) is 21.1. The van der Waals surface area contributed by atoms with E-state index in [1.807, 2.05) is 12.1 Å². The molecule has 0 aliphatic carbocycles. The average Bonchev–Trinajstić information content (AvgIpc) is 3.71. The van der Waals surface area contributed by atoms with Crippen molar-refractivity contribution in [3.63, 3.8) is 0 Å². The van der Waals surface area contributed by atoms with Crippen LogP contribution in [-0.2, 0) is 35.2 Å². The van der Waals surface area contributed by atoms with Crippen LogP contribution in [0.2, 0.25) is 0 Å². The first-order valence-corrected chi connectivity index (χ1v) is 19.7. The number of hydrogen-bond donors (Lipinski definition) is 7. The predicted molar refractivity (Wildman–Crippen MR) is 211 cm³/mol. The largest absolute Gasteiger partial charge is 0.341 e. The molecule has 10 N–H and O–H groups in total. The van der Waals surface area contributed by atoms with Crippen LogP contribution in [0.15, 0.2) is 48.5 Å². The summed E-state index contributed by atoms with van der Waals surface area (Å²) in [6.07, 6.45) is 5.51. The molecule has 16 heteroatoms. The minimum absolute atomic E-state index is 0.163. The Kier molecular flexibility index (Phi) is 17.2. The molecule has 2 heterocycles. The number of β-lactam (4-membered cyclic amide) rings is 1. The van der Waals surface area contributed by atoms with Gasteiger partial charge in [0.1, 0.15) is 24.2 Å². The predicted octanol–water partition coefficient (Wildman–Crippen LogP) is 0.818. The lowest BCUT2D eigenvalue weighted by Gasteiger charge is -2.36. The molecule has 0 spiro atoms. The first kappa shape index (κ1) is 43.8. The number of nitrogens with one attached hydrogen (secondary N) is 4. The number of carbonyl (C=O) groups excluding carboxylic acids is 6. The second-order valence-corrected chi connectivity index (χ2v) is 14.4. The Morgan fingerprint density at radius 1 is 0.821 bits per heavy atom. The summed E-state index contributed by atoms with van der Waals surface area (Å²) in [6.45, 7) is 3.42. The van der Waals surface area contributed by atoms with Crippen LogP contribution < -0.4 is 38.5 Å². The van der Waals surface area contributed by atoms with Crippen molar-refractivity contribution in [1.29, 1.82) is 0 Å². The summed E-state index contributed by atoms with van der Waals surface area (Å²) in [4.78, 5) is 85.6. The maximum Gasteiger partial charge on any atom is 0.270 e. The normalized spacial score (nSPS) is 18.1. The van der Waals surface area contributed by atoms with Crippen molar-refractivity contribution in [2.75, 3.05) is 33.3 Å². The number of rotatable bonds is 22. The zero-order valence-electron chi connectivity index (χ0n) is 32.6. The molecule has 5 atom stereocenters. The Balaban J connectivity index is 1.37. The summed E-state index contributed by atoms with van der Waals surface area (Å²) in [5, 5.41) is 11.7. The van der Waals surface area contributed by atoms with Crippen LogP contribution in [0.1, 0.15) is 87.1 Å². The smallest absolute Gasteiger partial charge is 0.270 e. The van der Waals surface area contributed by atoms with Crippen LogP contribution in [0, 0.1) is 0 Å². The summed E-state index contributed by atoms with van der Waals surface area (Å²) < 4.78 is 0. The molecule has 56 heavy (non-hydrogen) atoms. The van der Waals surface area contributed by atoms with Gasteiger partial charge >= 0.3 is 0 Å². The van der Waals surface area contributed by atoms with Crippen molar-refractivity contribution in [1.82, 2.24) is 31.2 Å². The molecule has 2 aliphatic heterocycles. The Labute approximate surface area is 328 Å². The molecule has 2 aromatic carbocycles. The van der Waals surface area contributed by atoms with Crippen molar-refractivity contribution < 1.29 is 33.6 Å². The molecule has 0 bridgehead atoms. The van der Waals surface area contributed by atoms with Crippen molar-refractivity contribution >= 4 is 35.4 Å². The molecule has 306 valence electrons. The second kappa shape index (κ2) is 22.0. The van der Waals surface area contributed by atoms with E-state index in [9.17, 15) is 28.8 Å². The minimum atomic E-state index is -1.54. The molecule has 2 saturated heterocycles. The fraction of sp³-hybridized carbons (Fsp3) is 0.550. The van der Waals surface area contributed by atoms with Gasteiger partial charge in [0.25, 0.3) is 17.7 Å². The monoisotopic (exact) mass is 777 g/mol. The third-order valence-corrected chi connectivity index (χ3v) is 10.2. The van der Waals surface area contributed by atoms with E-state index < -0.39 is 65.8 Å². The summed E-state index contributed by atoms with van der Waals surface area (Å²) in [7, 11) is 1.34. The van der Waals surface area contributed by atoms with Gasteiger partial charge in [-0.2, -0.15) is 0 Å². The van der Waals surface area contributed by atoms with E-state index in [-0.39, 0.29) is 19.5 Å². The minimum Gasteiger partial charge on any atom is -0.341 e. The van der Waals surface area contributed by atoms with E-state index in [4.69, 9.17) is 22.0 Å². The molecule has 0 radical (unpaired) electrons. The molecule has 4 rings (SSSR count). The van der Waals surface area contributed by atoms with E-state index in [0.717, 1.165) is 35.5 Å². The van der Waals surface area contributed by atoms with Crippen LogP contribution in [0.5, 0.6) is 0 Å². The van der Waals surface area contributed by atoms with Gasteiger partial charge in [0.05, 0.1) is 13.7 Å². The molecular formula is C40H59N9O7. The first-order chi connectivity index (χ1) is 27.0. The van der Waals surface area contributed by atoms with Gasteiger partial charge in [0.2, 0.25) is 17.7 Å². The van der Waals surface area contributed by atoms with Gasteiger partial charge in [-0.1, -0.05) is 49.7 Å². The third kappa shape index (κ3) is 12.0. The Morgan fingerprint density at radius 2 is 1.45 bits per heavy atom. The lowest BCUT2D eigenvalue weighted by Crippen LogP contribution is -2.66. The van der Waals surface area contributed by atoms with Crippen LogP contribution >= 0.6 is 0 Å². The van der Waals surface area contributed by atoms with Crippen LogP contribution in [-0.4, -0.2) is 109 Å². The van der Waals surface area contributed by atoms with Crippen LogP contribution in [0.25, 0.3) is 11.1 Å². The van der Waals surface area contributed by atoms with Gasteiger partial charge in [-0.25, -0.2) is 5.06 Å². The van der Waals surface area contributed by atoms with Crippen LogP contribution in [0.4, 0.5) is 0 Å². The molecule has 0 unspecified atom stereocenters. The highest BCUT2D eigenvalue weighted by atomic mass is 16.7. The zero-order chi connectivity index (χ0) is 40.6. The second-order valence-electron chi connectivity index (χ2n) is 14.4. The maximum absolute atomic E-state index is 14.0. The average molecular weight is 778 g/mol. The van der Waals surface area contributed by atoms with E-state index in [2.05, 4.69) is 52.5 Å². The highest BCUT2D eigenvalue weighted by molar-refractivity contribution is 5.99. The summed E-state index contributed by atoms with van der Waals surface area (Å²) in [6, 6.07) is 11.9. The molecule has 0 aromatic heterocycles. The molecule has 2 aromatic rings. The topological polar surface area (TPSA) is 244 Å². The van der Waals surface area contributed by atoms with Crippen molar-refractivity contribution in [2.24, 2.45) is 17.2 Å². The Bertz CT molecular complexity index is 1640. The summed E-state index contributed by atoms with van der Waals surface area (Å²) in [5.74, 6) is -3.28. The van der Waals surface area contributed by atoms with Crippen molar-refractivity contribution in [2.45, 2.75) is 108 Å². The highest BCUT2D eigenvalue weighted by Crippen LogP contribution is 2.23. The zero-order valence-corrected chi connectivity index (χ0v) is 32.6. The number of carbonyl (C=O) groups is 6. The molecule has 2 fully saturated rings. The maximum atomic E-state index is 14.0. The number of likely N-dealkylation sites (tertiary alicyclic amines) is 1. The van der Waals surface area contributed by atoms with Gasteiger partial charge in [0.15, 0.2) is 6.17 Å².